The van der Waals surface area contributed by atoms with Gasteiger partial charge in [-0.25, -0.2) is 0 Å². The van der Waals surface area contributed by atoms with Gasteiger partial charge in [0.2, 0.25) is 0 Å². The average molecular weight is 259 g/mol. The number of hydrogen-bond acceptors (Lipinski definition) is 5. The Morgan fingerprint density at radius 3 is 2.79 bits per heavy atom. The summed E-state index contributed by atoms with van der Waals surface area (Å²) in [7, 11) is 0. The van der Waals surface area contributed by atoms with Crippen molar-refractivity contribution in [3.8, 4) is 11.5 Å². The van der Waals surface area contributed by atoms with Crippen LogP contribution < -0.4 is 5.73 Å². The lowest BCUT2D eigenvalue weighted by Crippen LogP contribution is -2.18. The molecular formula is C14H17N3O2. The quantitative estimate of drug-likeness (QED) is 0.916. The molecule has 0 radical (unpaired) electrons. The van der Waals surface area contributed by atoms with Crippen LogP contribution in [-0.2, 0) is 18.0 Å². The molecule has 1 unspecified atom stereocenters. The number of nitrogens with zero attached hydrogens (tertiary/aromatic N) is 2. The molecule has 1 aromatic heterocycles. The second kappa shape index (κ2) is 4.75. The molecule has 1 aliphatic rings. The third kappa shape index (κ3) is 2.27. The van der Waals surface area contributed by atoms with Crippen LogP contribution in [0.2, 0.25) is 0 Å². The summed E-state index contributed by atoms with van der Waals surface area (Å²) in [5.41, 5.74) is 9.34. The number of aromatic nitrogens is 2. The topological polar surface area (TPSA) is 74.2 Å². The molecule has 0 saturated heterocycles. The first kappa shape index (κ1) is 12.3. The van der Waals surface area contributed by atoms with E-state index < -0.39 is 0 Å². The smallest absolute Gasteiger partial charge is 0.257 e. The van der Waals surface area contributed by atoms with Gasteiger partial charge in [-0.1, -0.05) is 25.1 Å². The molecule has 0 spiro atoms. The zero-order chi connectivity index (χ0) is 13.4. The van der Waals surface area contributed by atoms with Crippen LogP contribution in [0.5, 0.6) is 0 Å². The molecule has 2 aromatic rings. The maximum atomic E-state index is 6.01. The highest BCUT2D eigenvalue weighted by Gasteiger charge is 2.19. The summed E-state index contributed by atoms with van der Waals surface area (Å²) in [6.07, 6.45) is 0. The van der Waals surface area contributed by atoms with Crippen LogP contribution in [0.25, 0.3) is 11.5 Å². The highest BCUT2D eigenvalue weighted by Crippen LogP contribution is 2.27. The van der Waals surface area contributed by atoms with Crippen molar-refractivity contribution >= 4 is 0 Å². The number of hydrogen-bond donors (Lipinski definition) is 1. The summed E-state index contributed by atoms with van der Waals surface area (Å²) in [4.78, 5) is 4.38. The van der Waals surface area contributed by atoms with Crippen molar-refractivity contribution in [3.05, 3.63) is 35.2 Å². The molecule has 0 bridgehead atoms. The minimum atomic E-state index is -0.199. The van der Waals surface area contributed by atoms with Gasteiger partial charge in [-0.05, 0) is 29.2 Å². The lowest BCUT2D eigenvalue weighted by molar-refractivity contribution is 0.134. The summed E-state index contributed by atoms with van der Waals surface area (Å²) in [6.45, 7) is 5.40. The Morgan fingerprint density at radius 1 is 1.21 bits per heavy atom. The Kier molecular flexibility index (Phi) is 3.08. The molecule has 100 valence electrons. The highest BCUT2D eigenvalue weighted by atomic mass is 16.5. The first-order valence-electron chi connectivity index (χ1n) is 6.44. The number of benzene rings is 1. The molecule has 2 N–H and O–H groups in total. The van der Waals surface area contributed by atoms with Gasteiger partial charge in [-0.3, -0.25) is 0 Å². The molecule has 1 aliphatic heterocycles. The molecule has 5 heteroatoms. The van der Waals surface area contributed by atoms with E-state index in [9.17, 15) is 0 Å². The van der Waals surface area contributed by atoms with Gasteiger partial charge in [0.05, 0.1) is 19.3 Å². The maximum Gasteiger partial charge on any atom is 0.257 e. The summed E-state index contributed by atoms with van der Waals surface area (Å²) < 4.78 is 10.7. The van der Waals surface area contributed by atoms with Crippen molar-refractivity contribution in [1.29, 1.82) is 0 Å². The summed E-state index contributed by atoms with van der Waals surface area (Å²) in [6, 6.07) is 5.87. The molecule has 19 heavy (non-hydrogen) atoms. The lowest BCUT2D eigenvalue weighted by Gasteiger charge is -2.09. The summed E-state index contributed by atoms with van der Waals surface area (Å²) >= 11 is 0. The number of ether oxygens (including phenoxy) is 1. The van der Waals surface area contributed by atoms with E-state index in [4.69, 9.17) is 15.0 Å². The van der Waals surface area contributed by atoms with Crippen molar-refractivity contribution in [2.24, 2.45) is 11.7 Å². The third-order valence-corrected chi connectivity index (χ3v) is 3.43. The number of rotatable bonds is 3. The largest absolute Gasteiger partial charge is 0.372 e. The van der Waals surface area contributed by atoms with Crippen LogP contribution >= 0.6 is 0 Å². The van der Waals surface area contributed by atoms with Gasteiger partial charge in [-0.15, -0.1) is 0 Å². The molecule has 0 aliphatic carbocycles. The first-order valence-corrected chi connectivity index (χ1v) is 6.44. The van der Waals surface area contributed by atoms with Crippen molar-refractivity contribution in [2.45, 2.75) is 33.1 Å². The normalized spacial score (nSPS) is 15.8. The van der Waals surface area contributed by atoms with E-state index in [-0.39, 0.29) is 12.0 Å². The van der Waals surface area contributed by atoms with Crippen molar-refractivity contribution in [1.82, 2.24) is 10.1 Å². The third-order valence-electron chi connectivity index (χ3n) is 3.43. The van der Waals surface area contributed by atoms with Crippen molar-refractivity contribution in [3.63, 3.8) is 0 Å². The second-order valence-corrected chi connectivity index (χ2v) is 5.20. The predicted octanol–water partition coefficient (Wildman–Crippen LogP) is 2.42. The zero-order valence-corrected chi connectivity index (χ0v) is 11.1. The van der Waals surface area contributed by atoms with Gasteiger partial charge in [0.25, 0.3) is 5.89 Å². The molecule has 5 nitrogen and oxygen atoms in total. The molecule has 3 rings (SSSR count). The molecule has 2 heterocycles. The Hall–Kier alpha value is -1.72. The van der Waals surface area contributed by atoms with E-state index in [1.54, 1.807) is 0 Å². The predicted molar refractivity (Wildman–Crippen MR) is 70.0 cm³/mol. The van der Waals surface area contributed by atoms with Crippen molar-refractivity contribution < 1.29 is 9.26 Å². The van der Waals surface area contributed by atoms with Gasteiger partial charge in [0.1, 0.15) is 0 Å². The van der Waals surface area contributed by atoms with Crippen molar-refractivity contribution in [2.75, 3.05) is 0 Å². The zero-order valence-electron chi connectivity index (χ0n) is 11.1. The highest BCUT2D eigenvalue weighted by molar-refractivity contribution is 5.56. The Bertz CT molecular complexity index is 592. The molecule has 0 fully saturated rings. The fourth-order valence-electron chi connectivity index (χ4n) is 2.09. The second-order valence-electron chi connectivity index (χ2n) is 5.20. The van der Waals surface area contributed by atoms with Gasteiger partial charge < -0.3 is 15.0 Å². The van der Waals surface area contributed by atoms with E-state index in [1.165, 1.54) is 11.1 Å². The monoisotopic (exact) mass is 259 g/mol. The number of fused-ring (bicyclic) bond motifs is 1. The molecule has 1 aromatic carbocycles. The standard InChI is InChI=1S/C14H17N3O2/c1-8(2)12(15)13-16-14(19-17-13)9-3-4-10-6-18-7-11(10)5-9/h3-5,8,12H,6-7,15H2,1-2H3. The van der Waals surface area contributed by atoms with Gasteiger partial charge in [-0.2, -0.15) is 4.98 Å². The Morgan fingerprint density at radius 2 is 2.00 bits per heavy atom. The SMILES string of the molecule is CC(C)C(N)c1noc(-c2ccc3c(c2)COC3)n1. The van der Waals surface area contributed by atoms with Crippen LogP contribution in [0, 0.1) is 5.92 Å². The van der Waals surface area contributed by atoms with E-state index in [2.05, 4.69) is 10.1 Å². The van der Waals surface area contributed by atoms with Gasteiger partial charge >= 0.3 is 0 Å². The van der Waals surface area contributed by atoms with Gasteiger partial charge in [0, 0.05) is 5.56 Å². The molecule has 1 atom stereocenters. The Labute approximate surface area is 111 Å². The summed E-state index contributed by atoms with van der Waals surface area (Å²) in [5, 5.41) is 3.96. The molecular weight excluding hydrogens is 242 g/mol. The van der Waals surface area contributed by atoms with Crippen LogP contribution in [0.15, 0.2) is 22.7 Å². The van der Waals surface area contributed by atoms with Crippen LogP contribution in [-0.4, -0.2) is 10.1 Å². The van der Waals surface area contributed by atoms with E-state index in [0.717, 1.165) is 5.56 Å². The first-order chi connectivity index (χ1) is 9.15. The minimum Gasteiger partial charge on any atom is -0.372 e. The summed E-state index contributed by atoms with van der Waals surface area (Å²) in [5.74, 6) is 1.35. The fourth-order valence-corrected chi connectivity index (χ4v) is 2.09. The molecule has 0 amide bonds. The maximum absolute atomic E-state index is 6.01. The Balaban J connectivity index is 1.90. The fraction of sp³-hybridized carbons (Fsp3) is 0.429. The average Bonchev–Trinajstić information content (AvgIpc) is 3.05. The number of nitrogens with two attached hydrogens (primary N) is 1. The van der Waals surface area contributed by atoms with Gasteiger partial charge in [0.15, 0.2) is 5.82 Å². The molecule has 0 saturated carbocycles. The van der Waals surface area contributed by atoms with E-state index >= 15 is 0 Å². The van der Waals surface area contributed by atoms with E-state index in [0.29, 0.717) is 24.9 Å². The minimum absolute atomic E-state index is 0.199. The van der Waals surface area contributed by atoms with Crippen LogP contribution in [0.1, 0.15) is 36.8 Å². The van der Waals surface area contributed by atoms with Crippen LogP contribution in [0.3, 0.4) is 0 Å². The lowest BCUT2D eigenvalue weighted by atomic mass is 10.1. The van der Waals surface area contributed by atoms with E-state index in [1.807, 2.05) is 32.0 Å². The van der Waals surface area contributed by atoms with Crippen LogP contribution in [0.4, 0.5) is 0 Å².